The SMILES string of the molecule is COc1cccc(C[C@H]2[C@H]3C[C@H](CN(C(=O)c4cc[nH]c(=O)c4)C3)[C@@H]3CCCCN32)c1.O=CO.O=CO. The van der Waals surface area contributed by atoms with Crippen LogP contribution in [0.5, 0.6) is 5.75 Å². The maximum absolute atomic E-state index is 13.2. The summed E-state index contributed by atoms with van der Waals surface area (Å²) in [5.74, 6) is 1.86. The lowest BCUT2D eigenvalue weighted by molar-refractivity contribution is -0.123. The summed E-state index contributed by atoms with van der Waals surface area (Å²) in [6.07, 6.45) is 7.50. The quantitative estimate of drug-likeness (QED) is 0.529. The largest absolute Gasteiger partial charge is 0.497 e. The Balaban J connectivity index is 0.000000580. The van der Waals surface area contributed by atoms with Crippen molar-refractivity contribution in [3.8, 4) is 5.75 Å². The van der Waals surface area contributed by atoms with Gasteiger partial charge in [0.1, 0.15) is 5.75 Å². The zero-order valence-electron chi connectivity index (χ0n) is 21.0. The number of carboxylic acid groups (broad SMARTS) is 2. The number of nitrogens with zero attached hydrogens (tertiary/aromatic N) is 2. The molecule has 4 heterocycles. The van der Waals surface area contributed by atoms with Gasteiger partial charge in [0.25, 0.3) is 18.9 Å². The van der Waals surface area contributed by atoms with Gasteiger partial charge < -0.3 is 24.8 Å². The van der Waals surface area contributed by atoms with Gasteiger partial charge in [0, 0.05) is 43.0 Å². The van der Waals surface area contributed by atoms with Crippen LogP contribution in [0.2, 0.25) is 0 Å². The highest BCUT2D eigenvalue weighted by molar-refractivity contribution is 5.94. The summed E-state index contributed by atoms with van der Waals surface area (Å²) in [5.41, 5.74) is 1.57. The van der Waals surface area contributed by atoms with E-state index in [9.17, 15) is 9.59 Å². The predicted molar refractivity (Wildman–Crippen MR) is 137 cm³/mol. The van der Waals surface area contributed by atoms with Gasteiger partial charge in [-0.1, -0.05) is 18.6 Å². The lowest BCUT2D eigenvalue weighted by Gasteiger charge is -2.57. The second-order valence-corrected chi connectivity index (χ2v) is 9.54. The van der Waals surface area contributed by atoms with Gasteiger partial charge >= 0.3 is 0 Å². The van der Waals surface area contributed by atoms with Gasteiger partial charge in [-0.2, -0.15) is 0 Å². The Morgan fingerprint density at radius 3 is 2.54 bits per heavy atom. The predicted octanol–water partition coefficient (Wildman–Crippen LogP) is 2.34. The highest BCUT2D eigenvalue weighted by Gasteiger charge is 2.47. The Bertz CT molecular complexity index is 1100. The second-order valence-electron chi connectivity index (χ2n) is 9.54. The van der Waals surface area contributed by atoms with Crippen LogP contribution in [0.4, 0.5) is 0 Å². The number of H-pyrrole nitrogens is 1. The zero-order chi connectivity index (χ0) is 26.8. The molecule has 200 valence electrons. The van der Waals surface area contributed by atoms with Crippen molar-refractivity contribution in [1.29, 1.82) is 0 Å². The van der Waals surface area contributed by atoms with E-state index in [0.717, 1.165) is 31.8 Å². The summed E-state index contributed by atoms with van der Waals surface area (Å²) in [7, 11) is 1.71. The second kappa shape index (κ2) is 13.6. The summed E-state index contributed by atoms with van der Waals surface area (Å²) >= 11 is 0. The van der Waals surface area contributed by atoms with E-state index in [-0.39, 0.29) is 24.4 Å². The molecule has 4 atom stereocenters. The molecule has 0 saturated carbocycles. The maximum Gasteiger partial charge on any atom is 0.290 e. The number of fused-ring (bicyclic) bond motifs is 4. The zero-order valence-corrected chi connectivity index (χ0v) is 21.0. The van der Waals surface area contributed by atoms with Crippen LogP contribution in [-0.4, -0.2) is 82.7 Å². The first-order chi connectivity index (χ1) is 17.9. The standard InChI is InChI=1S/C25H31N3O3.2CH2O2/c1-31-21-6-4-5-17(11-21)12-23-20-13-19(22-7-2-3-10-28(22)23)15-27(16-20)25(30)18-8-9-26-24(29)14-18;2*2-1-3/h4-6,8-9,11,14,19-20,22-23H,2-3,7,10,12-13,15-16H2,1H3,(H,26,29);2*1H,(H,2,3)/t19-,20+,22+,23+;;/m1../s1. The number of benzene rings is 1. The molecule has 0 aliphatic carbocycles. The third-order valence-electron chi connectivity index (χ3n) is 7.51. The van der Waals surface area contributed by atoms with Crippen molar-refractivity contribution in [3.05, 3.63) is 64.1 Å². The molecule has 3 saturated heterocycles. The summed E-state index contributed by atoms with van der Waals surface area (Å²) < 4.78 is 5.44. The number of likely N-dealkylation sites (tertiary alicyclic amines) is 1. The molecule has 0 spiro atoms. The average Bonchev–Trinajstić information content (AvgIpc) is 2.91. The lowest BCUT2D eigenvalue weighted by atomic mass is 9.71. The van der Waals surface area contributed by atoms with Gasteiger partial charge in [0.2, 0.25) is 5.56 Å². The monoisotopic (exact) mass is 513 g/mol. The van der Waals surface area contributed by atoms with Gasteiger partial charge in [-0.15, -0.1) is 0 Å². The normalized spacial score (nSPS) is 24.2. The Labute approximate surface area is 215 Å². The molecule has 5 rings (SSSR count). The number of aromatic amines is 1. The van der Waals surface area contributed by atoms with Crippen molar-refractivity contribution in [2.75, 3.05) is 26.7 Å². The third kappa shape index (κ3) is 6.97. The molecule has 10 heteroatoms. The van der Waals surface area contributed by atoms with Gasteiger partial charge in [-0.3, -0.25) is 24.1 Å². The molecular weight excluding hydrogens is 478 g/mol. The molecule has 0 radical (unpaired) electrons. The molecular formula is C27H35N3O7. The smallest absolute Gasteiger partial charge is 0.290 e. The van der Waals surface area contributed by atoms with E-state index in [2.05, 4.69) is 28.1 Å². The maximum atomic E-state index is 13.2. The van der Waals surface area contributed by atoms with Crippen molar-refractivity contribution < 1.29 is 29.3 Å². The third-order valence-corrected chi connectivity index (χ3v) is 7.51. The van der Waals surface area contributed by atoms with Gasteiger partial charge in [-0.05, 0) is 67.8 Å². The van der Waals surface area contributed by atoms with Crippen LogP contribution in [0.15, 0.2) is 47.4 Å². The van der Waals surface area contributed by atoms with Crippen molar-refractivity contribution in [3.63, 3.8) is 0 Å². The molecule has 1 aromatic heterocycles. The number of pyridine rings is 1. The number of rotatable bonds is 4. The van der Waals surface area contributed by atoms with Gasteiger partial charge in [0.15, 0.2) is 0 Å². The fourth-order valence-electron chi connectivity index (χ4n) is 6.16. The number of amides is 1. The van der Waals surface area contributed by atoms with E-state index >= 15 is 0 Å². The van der Waals surface area contributed by atoms with E-state index < -0.39 is 0 Å². The van der Waals surface area contributed by atoms with Gasteiger partial charge in [-0.25, -0.2) is 0 Å². The van der Waals surface area contributed by atoms with Gasteiger partial charge in [0.05, 0.1) is 7.11 Å². The van der Waals surface area contributed by atoms with Crippen molar-refractivity contribution in [2.24, 2.45) is 11.8 Å². The fourth-order valence-corrected chi connectivity index (χ4v) is 6.16. The summed E-state index contributed by atoms with van der Waals surface area (Å²) in [6, 6.07) is 12.5. The molecule has 3 aliphatic rings. The lowest BCUT2D eigenvalue weighted by Crippen LogP contribution is -2.64. The molecule has 2 bridgehead atoms. The van der Waals surface area contributed by atoms with Crippen LogP contribution < -0.4 is 10.3 Å². The topological polar surface area (TPSA) is 140 Å². The molecule has 3 fully saturated rings. The first-order valence-electron chi connectivity index (χ1n) is 12.5. The first-order valence-corrected chi connectivity index (χ1v) is 12.5. The van der Waals surface area contributed by atoms with Crippen LogP contribution in [0, 0.1) is 11.8 Å². The number of carbonyl (C=O) groups is 3. The Kier molecular flexibility index (Phi) is 10.3. The Hall–Kier alpha value is -3.66. The number of nitrogens with one attached hydrogen (secondary N) is 1. The molecule has 1 amide bonds. The van der Waals surface area contributed by atoms with E-state index in [4.69, 9.17) is 24.5 Å². The van der Waals surface area contributed by atoms with E-state index in [1.165, 1.54) is 37.3 Å². The highest BCUT2D eigenvalue weighted by atomic mass is 16.5. The molecule has 2 aromatic rings. The van der Waals surface area contributed by atoms with Crippen LogP contribution in [0.25, 0.3) is 0 Å². The number of ether oxygens (including phenoxy) is 1. The van der Waals surface area contributed by atoms with E-state index in [1.807, 2.05) is 11.0 Å². The number of carbonyl (C=O) groups excluding carboxylic acids is 1. The number of piperidine rings is 3. The van der Waals surface area contributed by atoms with Crippen LogP contribution in [0.3, 0.4) is 0 Å². The molecule has 1 aromatic carbocycles. The van der Waals surface area contributed by atoms with Crippen LogP contribution >= 0.6 is 0 Å². The summed E-state index contributed by atoms with van der Waals surface area (Å²) in [6.45, 7) is 2.23. The van der Waals surface area contributed by atoms with E-state index in [0.29, 0.717) is 29.5 Å². The minimum atomic E-state index is -0.250. The minimum absolute atomic E-state index is 0.00908. The van der Waals surface area contributed by atoms with Crippen molar-refractivity contribution >= 4 is 18.9 Å². The Morgan fingerprint density at radius 2 is 1.84 bits per heavy atom. The van der Waals surface area contributed by atoms with Crippen molar-refractivity contribution in [2.45, 2.75) is 44.2 Å². The number of hydrogen-bond acceptors (Lipinski definition) is 6. The first kappa shape index (κ1) is 27.9. The molecule has 0 unspecified atom stereocenters. The number of methoxy groups -OCH3 is 1. The summed E-state index contributed by atoms with van der Waals surface area (Å²) in [4.78, 5) is 49.1. The molecule has 37 heavy (non-hydrogen) atoms. The van der Waals surface area contributed by atoms with E-state index in [1.54, 1.807) is 19.4 Å². The number of hydrogen-bond donors (Lipinski definition) is 3. The number of aromatic nitrogens is 1. The summed E-state index contributed by atoms with van der Waals surface area (Å²) in [5, 5.41) is 13.8. The molecule has 3 N–H and O–H groups in total. The van der Waals surface area contributed by atoms with Crippen LogP contribution in [0.1, 0.15) is 41.6 Å². The van der Waals surface area contributed by atoms with Crippen molar-refractivity contribution in [1.82, 2.24) is 14.8 Å². The minimum Gasteiger partial charge on any atom is -0.497 e. The molecule has 10 nitrogen and oxygen atoms in total. The van der Waals surface area contributed by atoms with Crippen LogP contribution in [-0.2, 0) is 16.0 Å². The fraction of sp³-hybridized carbons (Fsp3) is 0.481. The highest BCUT2D eigenvalue weighted by Crippen LogP contribution is 2.42. The Morgan fingerprint density at radius 1 is 1.11 bits per heavy atom. The average molecular weight is 514 g/mol. The molecule has 3 aliphatic heterocycles.